The zero-order chi connectivity index (χ0) is 28.1. The van der Waals surface area contributed by atoms with E-state index in [9.17, 15) is 9.59 Å². The minimum atomic E-state index is -0.707. The highest BCUT2D eigenvalue weighted by Gasteiger charge is 2.21. The van der Waals surface area contributed by atoms with Crippen LogP contribution in [-0.2, 0) is 24.4 Å². The topological polar surface area (TPSA) is 120 Å². The van der Waals surface area contributed by atoms with Crippen molar-refractivity contribution in [2.75, 3.05) is 26.5 Å². The minimum absolute atomic E-state index is 0.178. The van der Waals surface area contributed by atoms with E-state index in [0.717, 1.165) is 16.8 Å². The Bertz CT molecular complexity index is 1380. The van der Waals surface area contributed by atoms with E-state index in [1.165, 1.54) is 0 Å². The molecule has 0 aliphatic carbocycles. The zero-order valence-electron chi connectivity index (χ0n) is 22.6. The van der Waals surface area contributed by atoms with Gasteiger partial charge in [-0.15, -0.1) is 5.10 Å². The summed E-state index contributed by atoms with van der Waals surface area (Å²) in [6.45, 7) is 7.00. The first-order valence-electron chi connectivity index (χ1n) is 13.4. The number of benzene rings is 2. The van der Waals surface area contributed by atoms with Gasteiger partial charge in [0.05, 0.1) is 17.9 Å². The lowest BCUT2D eigenvalue weighted by molar-refractivity contribution is -0.122. The van der Waals surface area contributed by atoms with Gasteiger partial charge in [0.25, 0.3) is 5.91 Å². The van der Waals surface area contributed by atoms with Crippen LogP contribution in [0.15, 0.2) is 36.5 Å². The highest BCUT2D eigenvalue weighted by molar-refractivity contribution is 6.31. The maximum atomic E-state index is 13.0. The predicted molar refractivity (Wildman–Crippen MR) is 148 cm³/mol. The first-order chi connectivity index (χ1) is 19.4. The number of ether oxygens (including phenoxy) is 3. The molecule has 2 aliphatic heterocycles. The van der Waals surface area contributed by atoms with Crippen molar-refractivity contribution in [3.05, 3.63) is 63.9 Å². The second kappa shape index (κ2) is 12.6. The Balaban J connectivity index is 1.32. The fraction of sp³-hybridized carbons (Fsp3) is 0.429. The van der Waals surface area contributed by atoms with Crippen LogP contribution in [0.25, 0.3) is 0 Å². The van der Waals surface area contributed by atoms with Crippen molar-refractivity contribution in [2.45, 2.75) is 52.4 Å². The zero-order valence-corrected chi connectivity index (χ0v) is 23.4. The monoisotopic (exact) mass is 568 g/mol. The van der Waals surface area contributed by atoms with Crippen LogP contribution in [0.1, 0.15) is 46.9 Å². The van der Waals surface area contributed by atoms with Crippen molar-refractivity contribution < 1.29 is 23.8 Å². The van der Waals surface area contributed by atoms with Crippen LogP contribution in [0.5, 0.6) is 17.2 Å². The van der Waals surface area contributed by atoms with Gasteiger partial charge >= 0.3 is 0 Å². The predicted octanol–water partition coefficient (Wildman–Crippen LogP) is 3.08. The molecule has 0 spiro atoms. The second-order valence-electron chi connectivity index (χ2n) is 10.0. The third-order valence-electron chi connectivity index (χ3n) is 6.77. The Morgan fingerprint density at radius 1 is 1.05 bits per heavy atom. The molecule has 2 bridgehead atoms. The van der Waals surface area contributed by atoms with Crippen molar-refractivity contribution in [3.8, 4) is 17.2 Å². The van der Waals surface area contributed by atoms with E-state index < -0.39 is 6.04 Å². The number of aromatic nitrogens is 3. The SMILES string of the molecule is Cc1ccc2c(c1)OCCCn1cc(nn1)CN(Cc1cc3c(cc1Cl)OCO3)CCCNC(=O)[C@@H](C)NC2=O. The van der Waals surface area contributed by atoms with Crippen molar-refractivity contribution in [1.29, 1.82) is 0 Å². The van der Waals surface area contributed by atoms with Crippen LogP contribution in [0.2, 0.25) is 5.02 Å². The molecular weight excluding hydrogens is 536 g/mol. The van der Waals surface area contributed by atoms with Gasteiger partial charge in [-0.25, -0.2) is 0 Å². The summed E-state index contributed by atoms with van der Waals surface area (Å²) in [6.07, 6.45) is 3.28. The summed E-state index contributed by atoms with van der Waals surface area (Å²) in [5.74, 6) is 1.18. The van der Waals surface area contributed by atoms with Gasteiger partial charge in [-0.3, -0.25) is 19.2 Å². The van der Waals surface area contributed by atoms with E-state index in [0.29, 0.717) is 80.0 Å². The van der Waals surface area contributed by atoms with Crippen LogP contribution < -0.4 is 24.8 Å². The Hall–Kier alpha value is -3.83. The van der Waals surface area contributed by atoms with E-state index in [1.807, 2.05) is 31.3 Å². The Morgan fingerprint density at radius 3 is 2.73 bits per heavy atom. The summed E-state index contributed by atoms with van der Waals surface area (Å²) in [6, 6.07) is 8.37. The summed E-state index contributed by atoms with van der Waals surface area (Å²) in [5.41, 5.74) is 3.10. The van der Waals surface area contributed by atoms with Crippen LogP contribution in [-0.4, -0.2) is 64.2 Å². The number of carbonyl (C=O) groups excluding carboxylic acids is 2. The number of hydrogen-bond acceptors (Lipinski definition) is 8. The van der Waals surface area contributed by atoms with Gasteiger partial charge in [-0.1, -0.05) is 22.9 Å². The number of aryl methyl sites for hydroxylation is 2. The molecule has 0 radical (unpaired) electrons. The molecule has 1 aromatic heterocycles. The number of rotatable bonds is 2. The highest BCUT2D eigenvalue weighted by Crippen LogP contribution is 2.37. The Kier molecular flexibility index (Phi) is 8.71. The molecule has 0 saturated carbocycles. The van der Waals surface area contributed by atoms with E-state index in [2.05, 4.69) is 25.8 Å². The molecule has 2 N–H and O–H groups in total. The standard InChI is InChI=1S/C28H33ClN6O5/c1-18-5-6-22-24(11-18)38-10-4-9-35-16-21(32-33-35)15-34(8-3-7-30-27(36)19(2)31-28(22)37)14-20-12-25-26(13-23(20)29)40-17-39-25/h5-6,11-13,16,19H,3-4,7-10,14-15,17H2,1-2H3,(H,30,36)(H,31,37)/t19-/m1/s1. The molecule has 3 aromatic rings. The lowest BCUT2D eigenvalue weighted by atomic mass is 10.1. The van der Waals surface area contributed by atoms with Gasteiger partial charge in [0.15, 0.2) is 11.5 Å². The number of amides is 2. The summed E-state index contributed by atoms with van der Waals surface area (Å²) < 4.78 is 18.7. The molecule has 212 valence electrons. The molecular formula is C28H33ClN6O5. The summed E-state index contributed by atoms with van der Waals surface area (Å²) >= 11 is 6.56. The maximum absolute atomic E-state index is 13.0. The average Bonchev–Trinajstić information content (AvgIpc) is 3.57. The van der Waals surface area contributed by atoms with Gasteiger partial charge in [0.1, 0.15) is 11.8 Å². The highest BCUT2D eigenvalue weighted by atomic mass is 35.5. The third-order valence-corrected chi connectivity index (χ3v) is 7.12. The van der Waals surface area contributed by atoms with E-state index in [1.54, 1.807) is 23.7 Å². The first kappa shape index (κ1) is 27.7. The second-order valence-corrected chi connectivity index (χ2v) is 10.4. The van der Waals surface area contributed by atoms with Crippen molar-refractivity contribution >= 4 is 23.4 Å². The van der Waals surface area contributed by atoms with Gasteiger partial charge in [-0.05, 0) is 49.6 Å². The average molecular weight is 569 g/mol. The lowest BCUT2D eigenvalue weighted by Gasteiger charge is -2.22. The number of nitrogens with zero attached hydrogens (tertiary/aromatic N) is 4. The van der Waals surface area contributed by atoms with E-state index in [-0.39, 0.29) is 18.6 Å². The fourth-order valence-corrected chi connectivity index (χ4v) is 4.85. The molecule has 12 heteroatoms. The summed E-state index contributed by atoms with van der Waals surface area (Å²) in [4.78, 5) is 27.9. The molecule has 5 rings (SSSR count). The minimum Gasteiger partial charge on any atom is -0.493 e. The first-order valence-corrected chi connectivity index (χ1v) is 13.7. The quantitative estimate of drug-likeness (QED) is 0.484. The number of carbonyl (C=O) groups is 2. The molecule has 0 unspecified atom stereocenters. The molecule has 11 nitrogen and oxygen atoms in total. The van der Waals surface area contributed by atoms with E-state index in [4.69, 9.17) is 25.8 Å². The fourth-order valence-electron chi connectivity index (χ4n) is 4.64. The molecule has 40 heavy (non-hydrogen) atoms. The molecule has 1 atom stereocenters. The van der Waals surface area contributed by atoms with Crippen LogP contribution in [0.4, 0.5) is 0 Å². The number of halogens is 1. The third kappa shape index (κ3) is 6.83. The summed E-state index contributed by atoms with van der Waals surface area (Å²) in [5, 5.41) is 15.0. The van der Waals surface area contributed by atoms with Gasteiger partial charge in [0.2, 0.25) is 12.7 Å². The smallest absolute Gasteiger partial charge is 0.255 e. The van der Waals surface area contributed by atoms with Crippen molar-refractivity contribution in [2.24, 2.45) is 0 Å². The van der Waals surface area contributed by atoms with Gasteiger partial charge in [0, 0.05) is 56.4 Å². The largest absolute Gasteiger partial charge is 0.493 e. The molecule has 2 aliphatic rings. The maximum Gasteiger partial charge on any atom is 0.255 e. The Labute approximate surface area is 237 Å². The number of nitrogens with one attached hydrogen (secondary N) is 2. The van der Waals surface area contributed by atoms with Crippen LogP contribution in [0, 0.1) is 6.92 Å². The molecule has 2 amide bonds. The normalized spacial score (nSPS) is 18.9. The van der Waals surface area contributed by atoms with Crippen molar-refractivity contribution in [1.82, 2.24) is 30.5 Å². The van der Waals surface area contributed by atoms with Gasteiger partial charge in [-0.2, -0.15) is 0 Å². The number of fused-ring (bicyclic) bond motifs is 4. The van der Waals surface area contributed by atoms with Crippen LogP contribution in [0.3, 0.4) is 0 Å². The van der Waals surface area contributed by atoms with Crippen molar-refractivity contribution in [3.63, 3.8) is 0 Å². The molecule has 0 saturated heterocycles. The lowest BCUT2D eigenvalue weighted by Crippen LogP contribution is -2.45. The number of hydrogen-bond donors (Lipinski definition) is 2. The van der Waals surface area contributed by atoms with Crippen LogP contribution >= 0.6 is 11.6 Å². The van der Waals surface area contributed by atoms with Gasteiger partial charge < -0.3 is 24.8 Å². The molecule has 0 fully saturated rings. The summed E-state index contributed by atoms with van der Waals surface area (Å²) in [7, 11) is 0. The Morgan fingerprint density at radius 2 is 1.88 bits per heavy atom. The van der Waals surface area contributed by atoms with E-state index >= 15 is 0 Å². The molecule has 3 heterocycles. The molecule has 2 aromatic carbocycles.